The Kier molecular flexibility index (Phi) is 4.87. The third kappa shape index (κ3) is 3.50. The zero-order valence-corrected chi connectivity index (χ0v) is 14.1. The van der Waals surface area contributed by atoms with Crippen LogP contribution in [0, 0.1) is 6.92 Å². The van der Waals surface area contributed by atoms with E-state index >= 15 is 0 Å². The Labute approximate surface area is 138 Å². The summed E-state index contributed by atoms with van der Waals surface area (Å²) in [6, 6.07) is 15.4. The number of aryl methyl sites for hydroxylation is 1. The van der Waals surface area contributed by atoms with Crippen LogP contribution in [0.4, 0.5) is 0 Å². The molecule has 0 aromatic heterocycles. The Morgan fingerprint density at radius 2 is 1.74 bits per heavy atom. The number of methoxy groups -OCH3 is 2. The molecule has 0 aliphatic heterocycles. The van der Waals surface area contributed by atoms with Gasteiger partial charge in [-0.05, 0) is 54.5 Å². The van der Waals surface area contributed by atoms with Crippen molar-refractivity contribution in [3.8, 4) is 11.5 Å². The normalized spacial score (nSPS) is 20.0. The van der Waals surface area contributed by atoms with E-state index in [1.54, 1.807) is 14.2 Å². The summed E-state index contributed by atoms with van der Waals surface area (Å²) < 4.78 is 10.6. The molecule has 2 aromatic rings. The van der Waals surface area contributed by atoms with Crippen LogP contribution in [0.25, 0.3) is 0 Å². The second-order valence-electron chi connectivity index (χ2n) is 6.29. The van der Waals surface area contributed by atoms with Gasteiger partial charge in [0.2, 0.25) is 0 Å². The monoisotopic (exact) mass is 311 g/mol. The van der Waals surface area contributed by atoms with Gasteiger partial charge in [0.05, 0.1) is 14.2 Å². The molecule has 0 spiro atoms. The molecular formula is C20H25NO2. The van der Waals surface area contributed by atoms with E-state index in [0.717, 1.165) is 18.0 Å². The van der Waals surface area contributed by atoms with Crippen molar-refractivity contribution in [2.45, 2.75) is 38.3 Å². The van der Waals surface area contributed by atoms with Crippen LogP contribution in [0.3, 0.4) is 0 Å². The number of hydrogen-bond donors (Lipinski definition) is 1. The van der Waals surface area contributed by atoms with Gasteiger partial charge in [-0.2, -0.15) is 0 Å². The van der Waals surface area contributed by atoms with Crippen molar-refractivity contribution in [3.63, 3.8) is 0 Å². The molecule has 0 heterocycles. The van der Waals surface area contributed by atoms with Crippen LogP contribution in [-0.4, -0.2) is 20.3 Å². The maximum Gasteiger partial charge on any atom is 0.161 e. The minimum Gasteiger partial charge on any atom is -0.493 e. The molecule has 1 fully saturated rings. The minimum absolute atomic E-state index is 0.604. The van der Waals surface area contributed by atoms with Crippen molar-refractivity contribution >= 4 is 0 Å². The van der Waals surface area contributed by atoms with E-state index in [1.807, 2.05) is 12.1 Å². The van der Waals surface area contributed by atoms with E-state index < -0.39 is 0 Å². The van der Waals surface area contributed by atoms with E-state index in [1.165, 1.54) is 29.5 Å². The largest absolute Gasteiger partial charge is 0.493 e. The number of benzene rings is 2. The van der Waals surface area contributed by atoms with Gasteiger partial charge in [0.15, 0.2) is 11.5 Å². The predicted octanol–water partition coefficient (Wildman–Crippen LogP) is 4.05. The van der Waals surface area contributed by atoms with E-state index in [4.69, 9.17) is 9.47 Å². The summed E-state index contributed by atoms with van der Waals surface area (Å²) in [5, 5.41) is 3.65. The Morgan fingerprint density at radius 1 is 1.00 bits per heavy atom. The highest BCUT2D eigenvalue weighted by atomic mass is 16.5. The molecule has 3 rings (SSSR count). The van der Waals surface area contributed by atoms with Gasteiger partial charge in [-0.25, -0.2) is 0 Å². The molecule has 0 saturated heterocycles. The summed E-state index contributed by atoms with van der Waals surface area (Å²) in [4.78, 5) is 0. The maximum atomic E-state index is 5.36. The van der Waals surface area contributed by atoms with Crippen LogP contribution < -0.4 is 14.8 Å². The predicted molar refractivity (Wildman–Crippen MR) is 93.3 cm³/mol. The summed E-state index contributed by atoms with van der Waals surface area (Å²) in [5.74, 6) is 2.27. The topological polar surface area (TPSA) is 30.5 Å². The van der Waals surface area contributed by atoms with Gasteiger partial charge in [-0.3, -0.25) is 0 Å². The Hall–Kier alpha value is -2.00. The van der Waals surface area contributed by atoms with Crippen LogP contribution in [-0.2, 0) is 6.54 Å². The van der Waals surface area contributed by atoms with Crippen LogP contribution >= 0.6 is 0 Å². The van der Waals surface area contributed by atoms with Gasteiger partial charge in [0, 0.05) is 12.6 Å². The summed E-state index contributed by atoms with van der Waals surface area (Å²) in [6.45, 7) is 3.07. The number of nitrogens with one attached hydrogen (secondary N) is 1. The van der Waals surface area contributed by atoms with Gasteiger partial charge >= 0.3 is 0 Å². The van der Waals surface area contributed by atoms with E-state index in [-0.39, 0.29) is 0 Å². The minimum atomic E-state index is 0.604. The second-order valence-corrected chi connectivity index (χ2v) is 6.29. The van der Waals surface area contributed by atoms with Crippen molar-refractivity contribution in [2.24, 2.45) is 0 Å². The molecule has 1 saturated carbocycles. The first-order valence-electron chi connectivity index (χ1n) is 8.21. The maximum absolute atomic E-state index is 5.36. The molecule has 1 aliphatic carbocycles. The highest BCUT2D eigenvalue weighted by Crippen LogP contribution is 2.38. The van der Waals surface area contributed by atoms with Crippen molar-refractivity contribution in [3.05, 3.63) is 59.2 Å². The SMILES string of the molecule is COc1ccc(CNC2CC(c3ccccc3C)C2)cc1OC. The molecule has 0 atom stereocenters. The third-order valence-electron chi connectivity index (χ3n) is 4.81. The van der Waals surface area contributed by atoms with Crippen molar-refractivity contribution in [1.29, 1.82) is 0 Å². The second kappa shape index (κ2) is 7.05. The van der Waals surface area contributed by atoms with Crippen molar-refractivity contribution in [2.75, 3.05) is 14.2 Å². The van der Waals surface area contributed by atoms with Crippen LogP contribution in [0.5, 0.6) is 11.5 Å². The summed E-state index contributed by atoms with van der Waals surface area (Å²) in [6.07, 6.45) is 2.44. The van der Waals surface area contributed by atoms with Gasteiger partial charge in [-0.15, -0.1) is 0 Å². The fraction of sp³-hybridized carbons (Fsp3) is 0.400. The fourth-order valence-electron chi connectivity index (χ4n) is 3.34. The highest BCUT2D eigenvalue weighted by Gasteiger charge is 2.30. The summed E-state index contributed by atoms with van der Waals surface area (Å²) in [7, 11) is 3.34. The van der Waals surface area contributed by atoms with E-state index in [0.29, 0.717) is 12.0 Å². The van der Waals surface area contributed by atoms with E-state index in [2.05, 4.69) is 42.6 Å². The first-order valence-corrected chi connectivity index (χ1v) is 8.21. The molecule has 3 nitrogen and oxygen atoms in total. The average Bonchev–Trinajstić information content (AvgIpc) is 2.54. The van der Waals surface area contributed by atoms with Gasteiger partial charge in [0.25, 0.3) is 0 Å². The van der Waals surface area contributed by atoms with Crippen molar-refractivity contribution < 1.29 is 9.47 Å². The number of rotatable bonds is 6. The lowest BCUT2D eigenvalue weighted by Gasteiger charge is -2.37. The quantitative estimate of drug-likeness (QED) is 0.873. The Morgan fingerprint density at radius 3 is 2.43 bits per heavy atom. The number of ether oxygens (including phenoxy) is 2. The number of hydrogen-bond acceptors (Lipinski definition) is 3. The average molecular weight is 311 g/mol. The standard InChI is InChI=1S/C20H25NO2/c1-14-6-4-5-7-18(14)16-11-17(12-16)21-13-15-8-9-19(22-2)20(10-15)23-3/h4-10,16-17,21H,11-13H2,1-3H3. The van der Waals surface area contributed by atoms with Crippen LogP contribution in [0.1, 0.15) is 35.4 Å². The Balaban J connectivity index is 1.52. The first kappa shape index (κ1) is 15.9. The highest BCUT2D eigenvalue weighted by molar-refractivity contribution is 5.42. The fourth-order valence-corrected chi connectivity index (χ4v) is 3.34. The first-order chi connectivity index (χ1) is 11.2. The zero-order valence-electron chi connectivity index (χ0n) is 14.1. The molecule has 1 N–H and O–H groups in total. The third-order valence-corrected chi connectivity index (χ3v) is 4.81. The molecule has 1 aliphatic rings. The van der Waals surface area contributed by atoms with E-state index in [9.17, 15) is 0 Å². The molecule has 122 valence electrons. The zero-order chi connectivity index (χ0) is 16.2. The van der Waals surface area contributed by atoms with Gasteiger partial charge < -0.3 is 14.8 Å². The molecule has 0 unspecified atom stereocenters. The van der Waals surface area contributed by atoms with Crippen molar-refractivity contribution in [1.82, 2.24) is 5.32 Å². The summed E-state index contributed by atoms with van der Waals surface area (Å²) in [5.41, 5.74) is 4.15. The lowest BCUT2D eigenvalue weighted by atomic mass is 9.74. The lowest BCUT2D eigenvalue weighted by Crippen LogP contribution is -2.39. The smallest absolute Gasteiger partial charge is 0.161 e. The molecule has 0 radical (unpaired) electrons. The summed E-state index contributed by atoms with van der Waals surface area (Å²) >= 11 is 0. The van der Waals surface area contributed by atoms with Crippen LogP contribution in [0.2, 0.25) is 0 Å². The molecule has 0 bridgehead atoms. The molecule has 0 amide bonds. The Bertz CT molecular complexity index is 662. The van der Waals surface area contributed by atoms with Gasteiger partial charge in [0.1, 0.15) is 0 Å². The molecule has 3 heteroatoms. The molecule has 23 heavy (non-hydrogen) atoms. The molecular weight excluding hydrogens is 286 g/mol. The van der Waals surface area contributed by atoms with Crippen LogP contribution in [0.15, 0.2) is 42.5 Å². The lowest BCUT2D eigenvalue weighted by molar-refractivity contribution is 0.288. The molecule has 2 aromatic carbocycles. The van der Waals surface area contributed by atoms with Gasteiger partial charge in [-0.1, -0.05) is 30.3 Å².